The van der Waals surface area contributed by atoms with Gasteiger partial charge < -0.3 is 14.6 Å². The second-order valence-electron chi connectivity index (χ2n) is 5.21. The minimum atomic E-state index is -0.440. The van der Waals surface area contributed by atoms with Crippen molar-refractivity contribution in [3.63, 3.8) is 0 Å². The van der Waals surface area contributed by atoms with Crippen LogP contribution in [0.5, 0.6) is 0 Å². The molecule has 0 aromatic carbocycles. The lowest BCUT2D eigenvalue weighted by Crippen LogP contribution is -2.44. The highest BCUT2D eigenvalue weighted by molar-refractivity contribution is 5.91. The molecule has 1 fully saturated rings. The molecule has 2 aromatic rings. The van der Waals surface area contributed by atoms with Crippen LogP contribution in [0.3, 0.4) is 0 Å². The highest BCUT2D eigenvalue weighted by Gasteiger charge is 2.24. The van der Waals surface area contributed by atoms with Crippen molar-refractivity contribution in [3.05, 3.63) is 52.3 Å². The van der Waals surface area contributed by atoms with Crippen LogP contribution in [0.2, 0.25) is 0 Å². The lowest BCUT2D eigenvalue weighted by Gasteiger charge is -2.34. The molecular weight excluding hydrogens is 300 g/mol. The number of nitrogens with one attached hydrogen (secondary N) is 2. The summed E-state index contributed by atoms with van der Waals surface area (Å²) in [5, 5.41) is 4.90. The molecule has 1 aliphatic heterocycles. The number of aromatic nitrogens is 2. The number of hydrogen-bond acceptors (Lipinski definition) is 6. The molecule has 0 spiro atoms. The van der Waals surface area contributed by atoms with E-state index in [0.29, 0.717) is 19.8 Å². The summed E-state index contributed by atoms with van der Waals surface area (Å²) in [7, 11) is 0. The molecule has 0 saturated carbocycles. The van der Waals surface area contributed by atoms with Gasteiger partial charge >= 0.3 is 0 Å². The molecule has 0 unspecified atom stereocenters. The summed E-state index contributed by atoms with van der Waals surface area (Å²) in [4.78, 5) is 29.7. The molecule has 3 heterocycles. The van der Waals surface area contributed by atoms with E-state index in [9.17, 15) is 9.59 Å². The van der Waals surface area contributed by atoms with Crippen LogP contribution in [-0.2, 0) is 4.74 Å². The van der Waals surface area contributed by atoms with E-state index in [1.165, 1.54) is 0 Å². The lowest BCUT2D eigenvalue weighted by molar-refractivity contribution is 0.0153. The summed E-state index contributed by atoms with van der Waals surface area (Å²) in [5.74, 6) is -0.464. The first-order valence-corrected chi connectivity index (χ1v) is 7.43. The Kier molecular flexibility index (Phi) is 4.84. The van der Waals surface area contributed by atoms with Crippen LogP contribution in [0.4, 0.5) is 0 Å². The van der Waals surface area contributed by atoms with Gasteiger partial charge in [0.05, 0.1) is 31.0 Å². The molecule has 1 amide bonds. The van der Waals surface area contributed by atoms with Crippen LogP contribution in [0.15, 0.2) is 39.8 Å². The first-order valence-electron chi connectivity index (χ1n) is 7.43. The lowest BCUT2D eigenvalue weighted by atomic mass is 10.1. The average Bonchev–Trinajstić information content (AvgIpc) is 3.03. The van der Waals surface area contributed by atoms with Gasteiger partial charge in [0.1, 0.15) is 0 Å². The highest BCUT2D eigenvalue weighted by Crippen LogP contribution is 2.19. The number of hydrogen-bond donors (Lipinski definition) is 2. The van der Waals surface area contributed by atoms with Gasteiger partial charge in [0.15, 0.2) is 0 Å². The van der Waals surface area contributed by atoms with Crippen LogP contribution >= 0.6 is 0 Å². The molecule has 8 nitrogen and oxygen atoms in total. The molecule has 1 atom stereocenters. The molecule has 2 aromatic heterocycles. The van der Waals surface area contributed by atoms with Gasteiger partial charge in [0.25, 0.3) is 11.5 Å². The summed E-state index contributed by atoms with van der Waals surface area (Å²) in [6.45, 7) is 3.23. The standard InChI is InChI=1S/C15H18N4O4/c20-14-9-13(23-18-14)15(21)17-10-12(11-3-1-2-4-16-11)19-5-7-22-8-6-19/h1-4,9,12H,5-8,10H2,(H,17,21)(H,18,20)/t12-/m1/s1. The molecule has 23 heavy (non-hydrogen) atoms. The molecule has 1 aliphatic rings. The summed E-state index contributed by atoms with van der Waals surface area (Å²) >= 11 is 0. The van der Waals surface area contributed by atoms with Gasteiger partial charge in [-0.2, -0.15) is 5.16 Å². The Morgan fingerprint density at radius 3 is 2.87 bits per heavy atom. The van der Waals surface area contributed by atoms with E-state index in [-0.39, 0.29) is 11.8 Å². The second kappa shape index (κ2) is 7.21. The van der Waals surface area contributed by atoms with Gasteiger partial charge in [-0.05, 0) is 12.1 Å². The maximum absolute atomic E-state index is 12.0. The van der Waals surface area contributed by atoms with Crippen molar-refractivity contribution < 1.29 is 14.1 Å². The quantitative estimate of drug-likeness (QED) is 0.815. The fraction of sp³-hybridized carbons (Fsp3) is 0.400. The van der Waals surface area contributed by atoms with Crippen molar-refractivity contribution in [2.75, 3.05) is 32.8 Å². The molecule has 8 heteroatoms. The van der Waals surface area contributed by atoms with Crippen molar-refractivity contribution in [2.24, 2.45) is 0 Å². The number of amides is 1. The van der Waals surface area contributed by atoms with Crippen LogP contribution in [0.25, 0.3) is 0 Å². The normalized spacial score (nSPS) is 16.9. The molecule has 3 rings (SSSR count). The van der Waals surface area contributed by atoms with E-state index < -0.39 is 11.5 Å². The molecule has 0 radical (unpaired) electrons. The van der Waals surface area contributed by atoms with Gasteiger partial charge in [-0.1, -0.05) is 6.07 Å². The van der Waals surface area contributed by atoms with E-state index in [0.717, 1.165) is 24.8 Å². The SMILES string of the molecule is O=C(NC[C@H](c1ccccn1)N1CCOCC1)c1cc(=O)[nH]o1. The Morgan fingerprint density at radius 2 is 2.22 bits per heavy atom. The number of aromatic amines is 1. The summed E-state index contributed by atoms with van der Waals surface area (Å²) < 4.78 is 10.2. The predicted molar refractivity (Wildman–Crippen MR) is 81.0 cm³/mol. The van der Waals surface area contributed by atoms with Gasteiger partial charge in [-0.15, -0.1) is 0 Å². The monoisotopic (exact) mass is 318 g/mol. The highest BCUT2D eigenvalue weighted by atomic mass is 16.5. The molecule has 2 N–H and O–H groups in total. The van der Waals surface area contributed by atoms with Gasteiger partial charge in [0.2, 0.25) is 5.76 Å². The fourth-order valence-corrected chi connectivity index (χ4v) is 2.55. The third-order valence-corrected chi connectivity index (χ3v) is 3.72. The Hall–Kier alpha value is -2.45. The summed E-state index contributed by atoms with van der Waals surface area (Å²) in [6, 6.07) is 6.77. The Morgan fingerprint density at radius 1 is 1.39 bits per heavy atom. The van der Waals surface area contributed by atoms with Crippen molar-refractivity contribution in [2.45, 2.75) is 6.04 Å². The molecule has 1 saturated heterocycles. The van der Waals surface area contributed by atoms with E-state index in [1.54, 1.807) is 6.20 Å². The topological polar surface area (TPSA) is 100 Å². The molecule has 0 aliphatic carbocycles. The van der Waals surface area contributed by atoms with Gasteiger partial charge in [0, 0.05) is 25.8 Å². The number of carbonyl (C=O) groups is 1. The summed E-state index contributed by atoms with van der Waals surface area (Å²) in [5.41, 5.74) is 0.440. The Bertz CT molecular complexity index is 691. The number of morpholine rings is 1. The van der Waals surface area contributed by atoms with Crippen LogP contribution in [0.1, 0.15) is 22.3 Å². The number of carbonyl (C=O) groups excluding carboxylic acids is 1. The first-order chi connectivity index (χ1) is 11.2. The molecular formula is C15H18N4O4. The smallest absolute Gasteiger partial charge is 0.290 e. The van der Waals surface area contributed by atoms with Crippen molar-refractivity contribution in [1.82, 2.24) is 20.4 Å². The number of ether oxygens (including phenoxy) is 1. The van der Waals surface area contributed by atoms with Crippen molar-refractivity contribution in [3.8, 4) is 0 Å². The number of H-pyrrole nitrogens is 1. The second-order valence-corrected chi connectivity index (χ2v) is 5.21. The molecule has 0 bridgehead atoms. The largest absolute Gasteiger partial charge is 0.379 e. The van der Waals surface area contributed by atoms with E-state index in [4.69, 9.17) is 9.26 Å². The number of nitrogens with zero attached hydrogens (tertiary/aromatic N) is 2. The minimum absolute atomic E-state index is 0.0308. The van der Waals surface area contributed by atoms with Crippen LogP contribution in [0, 0.1) is 0 Å². The third-order valence-electron chi connectivity index (χ3n) is 3.72. The van der Waals surface area contributed by atoms with Crippen molar-refractivity contribution in [1.29, 1.82) is 0 Å². The van der Waals surface area contributed by atoms with Crippen LogP contribution < -0.4 is 10.9 Å². The minimum Gasteiger partial charge on any atom is -0.379 e. The number of pyridine rings is 1. The van der Waals surface area contributed by atoms with Gasteiger partial charge in [-0.25, -0.2) is 0 Å². The number of rotatable bonds is 5. The Labute approximate surface area is 132 Å². The zero-order valence-electron chi connectivity index (χ0n) is 12.5. The predicted octanol–water partition coefficient (Wildman–Crippen LogP) is 0.166. The van der Waals surface area contributed by atoms with Gasteiger partial charge in [-0.3, -0.25) is 19.5 Å². The maximum Gasteiger partial charge on any atom is 0.290 e. The van der Waals surface area contributed by atoms with E-state index in [1.807, 2.05) is 18.2 Å². The van der Waals surface area contributed by atoms with E-state index in [2.05, 4.69) is 20.4 Å². The Balaban J connectivity index is 1.70. The molecule has 122 valence electrons. The first kappa shape index (κ1) is 15.4. The maximum atomic E-state index is 12.0. The van der Waals surface area contributed by atoms with E-state index >= 15 is 0 Å². The van der Waals surface area contributed by atoms with Crippen molar-refractivity contribution >= 4 is 5.91 Å². The zero-order chi connectivity index (χ0) is 16.1. The summed E-state index contributed by atoms with van der Waals surface area (Å²) in [6.07, 6.45) is 1.73. The van der Waals surface area contributed by atoms with Crippen LogP contribution in [-0.4, -0.2) is 53.8 Å². The average molecular weight is 318 g/mol. The third kappa shape index (κ3) is 3.85. The zero-order valence-corrected chi connectivity index (χ0v) is 12.5. The fourth-order valence-electron chi connectivity index (χ4n) is 2.55.